The van der Waals surface area contributed by atoms with E-state index in [0.29, 0.717) is 40.7 Å². The summed E-state index contributed by atoms with van der Waals surface area (Å²) in [7, 11) is 1.56. The molecule has 154 valence electrons. The number of rotatable bonds is 6. The van der Waals surface area contributed by atoms with Crippen LogP contribution in [0.15, 0.2) is 39.2 Å². The van der Waals surface area contributed by atoms with Crippen molar-refractivity contribution >= 4 is 28.9 Å². The number of halogens is 4. The Morgan fingerprint density at radius 3 is 2.79 bits per heavy atom. The molecule has 0 unspecified atom stereocenters. The molecular formula is C17H16ClF3N6OS. The molecule has 0 fully saturated rings. The highest BCUT2D eigenvalue weighted by Crippen LogP contribution is 2.29. The first-order valence-electron chi connectivity index (χ1n) is 8.40. The molecule has 0 atom stereocenters. The summed E-state index contributed by atoms with van der Waals surface area (Å²) < 4.78 is 43.0. The number of aliphatic imine (C=N–C) groups is 1. The van der Waals surface area contributed by atoms with Crippen molar-refractivity contribution in [1.29, 1.82) is 0 Å². The Labute approximate surface area is 173 Å². The molecule has 12 heteroatoms. The summed E-state index contributed by atoms with van der Waals surface area (Å²) in [5.41, 5.74) is -0.145. The van der Waals surface area contributed by atoms with Gasteiger partial charge in [-0.15, -0.1) is 11.3 Å². The van der Waals surface area contributed by atoms with Gasteiger partial charge in [0.1, 0.15) is 5.01 Å². The molecule has 3 rings (SSSR count). The third-order valence-corrected chi connectivity index (χ3v) is 4.74. The van der Waals surface area contributed by atoms with Gasteiger partial charge in [0.2, 0.25) is 11.7 Å². The van der Waals surface area contributed by atoms with Crippen molar-refractivity contribution in [3.8, 4) is 11.4 Å². The average Bonchev–Trinajstić information content (AvgIpc) is 3.34. The second-order valence-corrected chi connectivity index (χ2v) is 7.13. The van der Waals surface area contributed by atoms with Crippen molar-refractivity contribution in [2.45, 2.75) is 19.1 Å². The van der Waals surface area contributed by atoms with Crippen molar-refractivity contribution in [3.05, 3.63) is 51.3 Å². The standard InChI is InChI=1S/C17H16ClF3N6OS/c1-22-16(24-8-14-25-12(9-29-14)17(19,20)21)23-6-5-13-26-15(27-28-13)10-3-2-4-11(18)7-10/h2-4,7,9H,5-6,8H2,1H3,(H2,22,23,24). The molecule has 2 aromatic heterocycles. The summed E-state index contributed by atoms with van der Waals surface area (Å²) in [5, 5.41) is 11.7. The van der Waals surface area contributed by atoms with Gasteiger partial charge in [-0.2, -0.15) is 18.2 Å². The summed E-state index contributed by atoms with van der Waals surface area (Å²) in [6.07, 6.45) is -4.01. The maximum atomic E-state index is 12.6. The van der Waals surface area contributed by atoms with Crippen molar-refractivity contribution < 1.29 is 17.7 Å². The van der Waals surface area contributed by atoms with Crippen LogP contribution >= 0.6 is 22.9 Å². The SMILES string of the molecule is CN=C(NCCc1nc(-c2cccc(Cl)c2)no1)NCc1nc(C(F)(F)F)cs1. The molecular weight excluding hydrogens is 429 g/mol. The van der Waals surface area contributed by atoms with Gasteiger partial charge in [-0.05, 0) is 12.1 Å². The van der Waals surface area contributed by atoms with E-state index in [2.05, 4.69) is 30.8 Å². The number of guanidine groups is 1. The van der Waals surface area contributed by atoms with Crippen LogP contribution < -0.4 is 10.6 Å². The maximum Gasteiger partial charge on any atom is 0.434 e. The van der Waals surface area contributed by atoms with Crippen LogP contribution in [-0.4, -0.2) is 34.7 Å². The third-order valence-electron chi connectivity index (χ3n) is 3.66. The molecule has 2 heterocycles. The number of hydrogen-bond acceptors (Lipinski definition) is 6. The Bertz CT molecular complexity index is 987. The van der Waals surface area contributed by atoms with Crippen LogP contribution in [0.3, 0.4) is 0 Å². The van der Waals surface area contributed by atoms with E-state index in [1.54, 1.807) is 25.2 Å². The number of nitrogens with one attached hydrogen (secondary N) is 2. The van der Waals surface area contributed by atoms with E-state index in [4.69, 9.17) is 16.1 Å². The van der Waals surface area contributed by atoms with Crippen LogP contribution in [0.5, 0.6) is 0 Å². The Morgan fingerprint density at radius 1 is 1.28 bits per heavy atom. The number of aromatic nitrogens is 3. The Balaban J connectivity index is 1.47. The van der Waals surface area contributed by atoms with Gasteiger partial charge in [-0.1, -0.05) is 28.9 Å². The molecule has 0 bridgehead atoms. The van der Waals surface area contributed by atoms with E-state index >= 15 is 0 Å². The Hall–Kier alpha value is -2.66. The fourth-order valence-electron chi connectivity index (χ4n) is 2.29. The first-order valence-corrected chi connectivity index (χ1v) is 9.65. The lowest BCUT2D eigenvalue weighted by Gasteiger charge is -2.09. The molecule has 0 amide bonds. The molecule has 3 aromatic rings. The first-order chi connectivity index (χ1) is 13.8. The Kier molecular flexibility index (Phi) is 6.70. The summed E-state index contributed by atoms with van der Waals surface area (Å²) in [4.78, 5) is 11.9. The lowest BCUT2D eigenvalue weighted by molar-refractivity contribution is -0.140. The predicted octanol–water partition coefficient (Wildman–Crippen LogP) is 3.77. The second-order valence-electron chi connectivity index (χ2n) is 5.75. The molecule has 2 N–H and O–H groups in total. The van der Waals surface area contributed by atoms with Crippen LogP contribution in [0.4, 0.5) is 13.2 Å². The molecule has 0 saturated carbocycles. The zero-order valence-electron chi connectivity index (χ0n) is 15.1. The largest absolute Gasteiger partial charge is 0.434 e. The monoisotopic (exact) mass is 444 g/mol. The van der Waals surface area contributed by atoms with E-state index in [1.165, 1.54) is 0 Å². The van der Waals surface area contributed by atoms with Crippen LogP contribution in [-0.2, 0) is 19.1 Å². The lowest BCUT2D eigenvalue weighted by atomic mass is 10.2. The van der Waals surface area contributed by atoms with Crippen molar-refractivity contribution in [2.24, 2.45) is 4.99 Å². The normalized spacial score (nSPS) is 12.2. The van der Waals surface area contributed by atoms with Crippen molar-refractivity contribution in [3.63, 3.8) is 0 Å². The van der Waals surface area contributed by atoms with Gasteiger partial charge in [0.15, 0.2) is 11.7 Å². The first kappa shape index (κ1) is 21.1. The van der Waals surface area contributed by atoms with Gasteiger partial charge in [-0.25, -0.2) is 4.98 Å². The highest BCUT2D eigenvalue weighted by Gasteiger charge is 2.33. The molecule has 0 saturated heterocycles. The molecule has 0 aliphatic rings. The minimum Gasteiger partial charge on any atom is -0.356 e. The molecule has 29 heavy (non-hydrogen) atoms. The van der Waals surface area contributed by atoms with Gasteiger partial charge in [-0.3, -0.25) is 4.99 Å². The van der Waals surface area contributed by atoms with Crippen LogP contribution in [0.2, 0.25) is 5.02 Å². The van der Waals surface area contributed by atoms with Crippen molar-refractivity contribution in [1.82, 2.24) is 25.8 Å². The highest BCUT2D eigenvalue weighted by atomic mass is 35.5. The van der Waals surface area contributed by atoms with E-state index in [1.807, 2.05) is 6.07 Å². The van der Waals surface area contributed by atoms with E-state index < -0.39 is 11.9 Å². The fourth-order valence-corrected chi connectivity index (χ4v) is 3.22. The van der Waals surface area contributed by atoms with E-state index in [-0.39, 0.29) is 6.54 Å². The number of benzene rings is 1. The summed E-state index contributed by atoms with van der Waals surface area (Å²) >= 11 is 6.89. The van der Waals surface area contributed by atoms with Crippen LogP contribution in [0, 0.1) is 0 Å². The van der Waals surface area contributed by atoms with Crippen LogP contribution in [0.1, 0.15) is 16.6 Å². The van der Waals surface area contributed by atoms with E-state index in [0.717, 1.165) is 22.3 Å². The van der Waals surface area contributed by atoms with Crippen LogP contribution in [0.25, 0.3) is 11.4 Å². The summed E-state index contributed by atoms with van der Waals surface area (Å²) in [6, 6.07) is 7.12. The van der Waals surface area contributed by atoms with Crippen molar-refractivity contribution in [2.75, 3.05) is 13.6 Å². The third kappa shape index (κ3) is 5.91. The maximum absolute atomic E-state index is 12.6. The van der Waals surface area contributed by atoms with Gasteiger partial charge in [0.05, 0.1) is 6.54 Å². The highest BCUT2D eigenvalue weighted by molar-refractivity contribution is 7.09. The number of nitrogens with zero attached hydrogens (tertiary/aromatic N) is 4. The molecule has 0 spiro atoms. The number of thiazole rings is 1. The van der Waals surface area contributed by atoms with Gasteiger partial charge in [0.25, 0.3) is 0 Å². The summed E-state index contributed by atoms with van der Waals surface area (Å²) in [5.74, 6) is 1.29. The second kappa shape index (κ2) is 9.23. The Morgan fingerprint density at radius 2 is 2.10 bits per heavy atom. The lowest BCUT2D eigenvalue weighted by Crippen LogP contribution is -2.37. The minimum atomic E-state index is -4.44. The molecule has 0 aliphatic heterocycles. The molecule has 1 aromatic carbocycles. The number of hydrogen-bond donors (Lipinski definition) is 2. The van der Waals surface area contributed by atoms with Gasteiger partial charge >= 0.3 is 6.18 Å². The smallest absolute Gasteiger partial charge is 0.356 e. The molecule has 7 nitrogen and oxygen atoms in total. The molecule has 0 aliphatic carbocycles. The zero-order valence-corrected chi connectivity index (χ0v) is 16.7. The van der Waals surface area contributed by atoms with Gasteiger partial charge < -0.3 is 15.2 Å². The fraction of sp³-hybridized carbons (Fsp3) is 0.294. The quantitative estimate of drug-likeness (QED) is 0.444. The van der Waals surface area contributed by atoms with E-state index in [9.17, 15) is 13.2 Å². The topological polar surface area (TPSA) is 88.2 Å². The minimum absolute atomic E-state index is 0.125. The molecule has 0 radical (unpaired) electrons. The zero-order chi connectivity index (χ0) is 20.9. The number of alkyl halides is 3. The average molecular weight is 445 g/mol. The summed E-state index contributed by atoms with van der Waals surface area (Å²) in [6.45, 7) is 0.558. The van der Waals surface area contributed by atoms with Gasteiger partial charge in [0, 0.05) is 36.0 Å². The predicted molar refractivity (Wildman–Crippen MR) is 104 cm³/mol.